The first-order chi connectivity index (χ1) is 14.3. The molecule has 1 heterocycles. The second kappa shape index (κ2) is 13.1. The molecule has 0 aromatic rings. The van der Waals surface area contributed by atoms with Gasteiger partial charge in [0.25, 0.3) is 0 Å². The second-order valence-electron chi connectivity index (χ2n) is 7.37. The highest BCUT2D eigenvalue weighted by Crippen LogP contribution is 2.16. The summed E-state index contributed by atoms with van der Waals surface area (Å²) in [6, 6.07) is -1.07. The molecule has 168 valence electrons. The Labute approximate surface area is 180 Å². The van der Waals surface area contributed by atoms with Crippen molar-refractivity contribution in [2.45, 2.75) is 53.1 Å². The second-order valence-corrected chi connectivity index (χ2v) is 7.37. The maximum absolute atomic E-state index is 12.7. The molecular formula is C22H36N4O4. The van der Waals surface area contributed by atoms with Crippen LogP contribution in [0.15, 0.2) is 42.1 Å². The quantitative estimate of drug-likeness (QED) is 0.707. The normalized spacial score (nSPS) is 24.7. The van der Waals surface area contributed by atoms with E-state index >= 15 is 0 Å². The van der Waals surface area contributed by atoms with Crippen LogP contribution in [0.2, 0.25) is 0 Å². The molecular weight excluding hydrogens is 384 g/mol. The molecule has 0 aromatic heterocycles. The molecule has 30 heavy (non-hydrogen) atoms. The van der Waals surface area contributed by atoms with E-state index in [4.69, 9.17) is 14.7 Å². The van der Waals surface area contributed by atoms with Gasteiger partial charge in [0.2, 0.25) is 0 Å². The Morgan fingerprint density at radius 1 is 1.10 bits per heavy atom. The van der Waals surface area contributed by atoms with Crippen LogP contribution in [0.25, 0.3) is 0 Å². The van der Waals surface area contributed by atoms with Gasteiger partial charge < -0.3 is 9.68 Å². The molecule has 0 amide bonds. The van der Waals surface area contributed by atoms with E-state index in [1.165, 1.54) is 0 Å². The van der Waals surface area contributed by atoms with E-state index in [1.54, 1.807) is 12.2 Å². The molecule has 2 atom stereocenters. The lowest BCUT2D eigenvalue weighted by atomic mass is 10.0. The molecule has 0 saturated heterocycles. The van der Waals surface area contributed by atoms with Crippen LogP contribution < -0.4 is 5.64 Å². The minimum atomic E-state index is -0.546. The van der Waals surface area contributed by atoms with Gasteiger partial charge in [0.1, 0.15) is 12.1 Å². The molecule has 0 saturated carbocycles. The number of hydrogen-bond donors (Lipinski definition) is 1. The minimum absolute atomic E-state index is 0.0314. The SMILES string of the molecule is C=CC=C1CN(CC)C(CC)C(=O)ONOC(=O)C(C(C)C)N(CC)CC(C=C)=N1. The number of likely N-dealkylation sites (N-methyl/N-ethyl adjacent to an activating group) is 2. The van der Waals surface area contributed by atoms with Crippen LogP contribution >= 0.6 is 0 Å². The third-order valence-electron chi connectivity index (χ3n) is 5.03. The summed E-state index contributed by atoms with van der Waals surface area (Å²) in [5.74, 6) is -1.08. The fraction of sp³-hybridized carbons (Fsp3) is 0.591. The van der Waals surface area contributed by atoms with Crippen LogP contribution in [0.3, 0.4) is 0 Å². The predicted octanol–water partition coefficient (Wildman–Crippen LogP) is 2.65. The molecule has 0 aliphatic carbocycles. The maximum atomic E-state index is 12.7. The summed E-state index contributed by atoms with van der Waals surface area (Å²) >= 11 is 0. The van der Waals surface area contributed by atoms with E-state index in [9.17, 15) is 9.59 Å². The first kappa shape index (κ1) is 25.7. The van der Waals surface area contributed by atoms with Crippen molar-refractivity contribution >= 4 is 17.7 Å². The average molecular weight is 421 g/mol. The first-order valence-corrected chi connectivity index (χ1v) is 10.5. The molecule has 8 heteroatoms. The third kappa shape index (κ3) is 7.19. The molecule has 0 aromatic carbocycles. The molecule has 2 unspecified atom stereocenters. The zero-order valence-electron chi connectivity index (χ0n) is 18.9. The number of nitrogens with one attached hydrogen (secondary N) is 1. The Bertz CT molecular complexity index is 672. The molecule has 0 radical (unpaired) electrons. The summed E-state index contributed by atoms with van der Waals surface area (Å²) in [6.45, 7) is 19.4. The van der Waals surface area contributed by atoms with Crippen molar-refractivity contribution in [1.29, 1.82) is 0 Å². The molecule has 8 nitrogen and oxygen atoms in total. The Morgan fingerprint density at radius 2 is 1.73 bits per heavy atom. The van der Waals surface area contributed by atoms with Gasteiger partial charge in [-0.1, -0.05) is 53.9 Å². The van der Waals surface area contributed by atoms with E-state index in [0.717, 1.165) is 11.4 Å². The van der Waals surface area contributed by atoms with Crippen LogP contribution in [0, 0.1) is 5.92 Å². The number of aliphatic imine (C=N–C) groups is 1. The topological polar surface area (TPSA) is 83.5 Å². The molecule has 1 aliphatic rings. The summed E-state index contributed by atoms with van der Waals surface area (Å²) in [6.07, 6.45) is 5.70. The average Bonchev–Trinajstić information content (AvgIpc) is 2.71. The van der Waals surface area contributed by atoms with Gasteiger partial charge in [-0.25, -0.2) is 9.59 Å². The number of nitrogens with zero attached hydrogens (tertiary/aromatic N) is 3. The van der Waals surface area contributed by atoms with Crippen molar-refractivity contribution < 1.29 is 19.3 Å². The summed E-state index contributed by atoms with van der Waals surface area (Å²) in [7, 11) is 0. The van der Waals surface area contributed by atoms with Crippen LogP contribution in [0.5, 0.6) is 0 Å². The summed E-state index contributed by atoms with van der Waals surface area (Å²) < 4.78 is 0. The Balaban J connectivity index is 3.44. The Kier molecular flexibility index (Phi) is 11.2. The molecule has 0 bridgehead atoms. The molecule has 1 N–H and O–H groups in total. The van der Waals surface area contributed by atoms with E-state index in [0.29, 0.717) is 32.6 Å². The fourth-order valence-electron chi connectivity index (χ4n) is 3.50. The lowest BCUT2D eigenvalue weighted by Gasteiger charge is -2.32. The highest BCUT2D eigenvalue weighted by Gasteiger charge is 2.32. The largest absolute Gasteiger partial charge is 0.346 e. The third-order valence-corrected chi connectivity index (χ3v) is 5.03. The predicted molar refractivity (Wildman–Crippen MR) is 118 cm³/mol. The van der Waals surface area contributed by atoms with Gasteiger partial charge in [-0.15, -0.1) is 0 Å². The first-order valence-electron chi connectivity index (χ1n) is 10.5. The number of allylic oxidation sites excluding steroid dienone is 2. The van der Waals surface area contributed by atoms with E-state index < -0.39 is 24.0 Å². The van der Waals surface area contributed by atoms with Gasteiger partial charge in [0.05, 0.1) is 11.4 Å². The van der Waals surface area contributed by atoms with Gasteiger partial charge in [0.15, 0.2) is 0 Å². The van der Waals surface area contributed by atoms with Gasteiger partial charge in [-0.05, 0) is 37.6 Å². The molecule has 1 aliphatic heterocycles. The van der Waals surface area contributed by atoms with Crippen molar-refractivity contribution in [1.82, 2.24) is 15.4 Å². The van der Waals surface area contributed by atoms with E-state index in [2.05, 4.69) is 18.8 Å². The van der Waals surface area contributed by atoms with E-state index in [1.807, 2.05) is 50.5 Å². The summed E-state index contributed by atoms with van der Waals surface area (Å²) in [5.41, 5.74) is 3.58. The highest BCUT2D eigenvalue weighted by molar-refractivity contribution is 5.97. The number of carbonyl (C=O) groups is 2. The zero-order valence-corrected chi connectivity index (χ0v) is 18.9. The van der Waals surface area contributed by atoms with Gasteiger partial charge in [-0.2, -0.15) is 0 Å². The lowest BCUT2D eigenvalue weighted by molar-refractivity contribution is -0.206. The van der Waals surface area contributed by atoms with Crippen LogP contribution in [0.1, 0.15) is 41.0 Å². The lowest BCUT2D eigenvalue weighted by Crippen LogP contribution is -2.50. The monoisotopic (exact) mass is 420 g/mol. The van der Waals surface area contributed by atoms with Gasteiger partial charge in [0, 0.05) is 18.7 Å². The minimum Gasteiger partial charge on any atom is -0.334 e. The smallest absolute Gasteiger partial charge is 0.334 e. The number of hydrogen-bond acceptors (Lipinski definition) is 8. The number of rotatable bonds is 6. The van der Waals surface area contributed by atoms with Crippen LogP contribution in [-0.4, -0.2) is 65.7 Å². The maximum Gasteiger partial charge on any atom is 0.346 e. The van der Waals surface area contributed by atoms with E-state index in [-0.39, 0.29) is 5.92 Å². The van der Waals surface area contributed by atoms with Crippen molar-refractivity contribution in [3.05, 3.63) is 37.1 Å². The van der Waals surface area contributed by atoms with Crippen molar-refractivity contribution in [2.24, 2.45) is 10.9 Å². The van der Waals surface area contributed by atoms with Crippen molar-refractivity contribution in [3.8, 4) is 0 Å². The summed E-state index contributed by atoms with van der Waals surface area (Å²) in [4.78, 5) is 44.1. The molecule has 0 fully saturated rings. The highest BCUT2D eigenvalue weighted by atomic mass is 16.9. The van der Waals surface area contributed by atoms with Crippen LogP contribution in [0.4, 0.5) is 0 Å². The van der Waals surface area contributed by atoms with Gasteiger partial charge >= 0.3 is 11.9 Å². The van der Waals surface area contributed by atoms with Gasteiger partial charge in [-0.3, -0.25) is 14.8 Å². The van der Waals surface area contributed by atoms with Crippen molar-refractivity contribution in [3.63, 3.8) is 0 Å². The molecule has 1 rings (SSSR count). The van der Waals surface area contributed by atoms with Crippen LogP contribution in [-0.2, 0) is 19.3 Å². The fourth-order valence-corrected chi connectivity index (χ4v) is 3.50. The Morgan fingerprint density at radius 3 is 2.23 bits per heavy atom. The molecule has 0 spiro atoms. The standard InChI is InChI=1S/C22H36N4O4/c1-8-13-18-15-25(11-4)19(10-3)21(27)29-24-30-22(28)20(16(6)7)26(12-5)14-17(9-2)23-18/h8-9,13,16,19-20,24H,1-2,10-12,14-15H2,3-7H3. The van der Waals surface area contributed by atoms with Crippen molar-refractivity contribution in [2.75, 3.05) is 26.2 Å². The zero-order chi connectivity index (χ0) is 22.7. The Hall–Kier alpha value is -2.29. The number of carbonyl (C=O) groups excluding carboxylic acids is 2. The summed E-state index contributed by atoms with van der Waals surface area (Å²) in [5, 5.41) is 0.